The van der Waals surface area contributed by atoms with Gasteiger partial charge in [-0.1, -0.05) is 26.0 Å². The Morgan fingerprint density at radius 2 is 2.03 bits per heavy atom. The number of aromatic nitrogens is 5. The van der Waals surface area contributed by atoms with Crippen molar-refractivity contribution in [3.63, 3.8) is 0 Å². The minimum atomic E-state index is -0.602. The van der Waals surface area contributed by atoms with Crippen molar-refractivity contribution >= 4 is 17.2 Å². The Morgan fingerprint density at radius 1 is 1.18 bits per heavy atom. The van der Waals surface area contributed by atoms with E-state index in [1.165, 1.54) is 19.0 Å². The molecule has 4 aromatic rings. The maximum atomic E-state index is 14.2. The van der Waals surface area contributed by atoms with Crippen LogP contribution in [0.5, 0.6) is 0 Å². The molecular formula is C29H34FN7O. The number of likely N-dealkylation sites (tertiary alicyclic amines) is 1. The van der Waals surface area contributed by atoms with Crippen molar-refractivity contribution in [3.8, 4) is 0 Å². The van der Waals surface area contributed by atoms with E-state index in [1.807, 2.05) is 42.1 Å². The Hall–Kier alpha value is -3.59. The molecule has 38 heavy (non-hydrogen) atoms. The molecule has 2 fully saturated rings. The van der Waals surface area contributed by atoms with Gasteiger partial charge in [-0.05, 0) is 73.4 Å². The third-order valence-corrected chi connectivity index (χ3v) is 8.18. The Kier molecular flexibility index (Phi) is 6.26. The number of imidazole rings is 1. The number of hydrogen-bond donors (Lipinski definition) is 1. The van der Waals surface area contributed by atoms with E-state index in [2.05, 4.69) is 45.3 Å². The third kappa shape index (κ3) is 4.49. The maximum absolute atomic E-state index is 14.2. The van der Waals surface area contributed by atoms with E-state index in [1.54, 1.807) is 10.7 Å². The predicted octanol–water partition coefficient (Wildman–Crippen LogP) is 4.80. The Balaban J connectivity index is 1.29. The molecule has 1 saturated heterocycles. The number of carbonyl (C=O) groups excluding carboxylic acids is 1. The van der Waals surface area contributed by atoms with Gasteiger partial charge in [-0.2, -0.15) is 9.37 Å². The number of aryl methyl sites for hydroxylation is 1. The predicted molar refractivity (Wildman–Crippen MR) is 143 cm³/mol. The van der Waals surface area contributed by atoms with E-state index in [9.17, 15) is 9.18 Å². The van der Waals surface area contributed by atoms with Crippen LogP contribution in [-0.4, -0.2) is 48.0 Å². The van der Waals surface area contributed by atoms with Gasteiger partial charge in [-0.25, -0.2) is 0 Å². The molecule has 1 N–H and O–H groups in total. The number of nitrogens with zero attached hydrogens (tertiary/aromatic N) is 6. The van der Waals surface area contributed by atoms with E-state index >= 15 is 0 Å². The molecule has 1 aliphatic carbocycles. The molecule has 1 atom stereocenters. The maximum Gasteiger partial charge on any atom is 0.259 e. The number of amides is 1. The largest absolute Gasteiger partial charge is 0.322 e. The van der Waals surface area contributed by atoms with Crippen LogP contribution in [-0.2, 0) is 19.0 Å². The van der Waals surface area contributed by atoms with E-state index in [4.69, 9.17) is 0 Å². The topological polar surface area (TPSA) is 80.3 Å². The third-order valence-electron chi connectivity index (χ3n) is 8.18. The first kappa shape index (κ1) is 24.7. The molecule has 4 heterocycles. The fourth-order valence-electron chi connectivity index (χ4n) is 6.56. The smallest absolute Gasteiger partial charge is 0.259 e. The zero-order valence-corrected chi connectivity index (χ0v) is 22.2. The van der Waals surface area contributed by atoms with Crippen LogP contribution in [0, 0.1) is 17.8 Å². The molecule has 8 nitrogen and oxygen atoms in total. The van der Waals surface area contributed by atoms with Crippen LogP contribution < -0.4 is 5.32 Å². The second-order valence-electron chi connectivity index (χ2n) is 11.4. The summed E-state index contributed by atoms with van der Waals surface area (Å²) in [6, 6.07) is 9.83. The molecule has 2 aliphatic rings. The number of piperidine rings is 1. The number of pyridine rings is 1. The molecule has 6 rings (SSSR count). The van der Waals surface area contributed by atoms with Gasteiger partial charge in [-0.3, -0.25) is 9.69 Å². The highest BCUT2D eigenvalue weighted by Gasteiger charge is 2.48. The Bertz CT molecular complexity index is 1490. The van der Waals surface area contributed by atoms with Crippen LogP contribution in [0.3, 0.4) is 0 Å². The molecule has 1 aliphatic heterocycles. The summed E-state index contributed by atoms with van der Waals surface area (Å²) in [6.45, 7) is 7.28. The van der Waals surface area contributed by atoms with Crippen molar-refractivity contribution in [2.75, 3.05) is 18.4 Å². The monoisotopic (exact) mass is 515 g/mol. The number of anilines is 1. The summed E-state index contributed by atoms with van der Waals surface area (Å²) in [6.07, 6.45) is 9.30. The summed E-state index contributed by atoms with van der Waals surface area (Å²) in [5.74, 6) is 1.26. The number of benzene rings is 1. The van der Waals surface area contributed by atoms with Crippen LogP contribution in [0.15, 0.2) is 49.1 Å². The standard InChI is InChI=1S/C29H34FN7O/c1-19-6-5-9-36(14-19)15-21-10-24(26-33-25(30)17-37(26)16-21)27(38)32-23-8-4-7-22(11-23)29(12-20(2)13-29)28-34-31-18-35(28)3/h4,7-8,10-11,16-20H,5-6,9,12-15H2,1-3H3,(H,32,38)/t19-,20?,29?/m0/s1. The van der Waals surface area contributed by atoms with Crippen LogP contribution in [0.1, 0.15) is 66.8 Å². The van der Waals surface area contributed by atoms with Crippen LogP contribution in [0.4, 0.5) is 10.1 Å². The summed E-state index contributed by atoms with van der Waals surface area (Å²) in [5, 5.41) is 11.6. The van der Waals surface area contributed by atoms with Crippen molar-refractivity contribution in [2.24, 2.45) is 18.9 Å². The lowest BCUT2D eigenvalue weighted by Crippen LogP contribution is -2.43. The molecule has 0 spiro atoms. The molecule has 1 amide bonds. The highest BCUT2D eigenvalue weighted by molar-refractivity contribution is 6.08. The molecule has 1 aromatic carbocycles. The van der Waals surface area contributed by atoms with Gasteiger partial charge in [0.05, 0.1) is 17.2 Å². The minimum absolute atomic E-state index is 0.226. The van der Waals surface area contributed by atoms with Crippen molar-refractivity contribution in [1.82, 2.24) is 29.0 Å². The normalized spacial score (nSPS) is 23.9. The van der Waals surface area contributed by atoms with Gasteiger partial charge in [0.2, 0.25) is 5.95 Å². The van der Waals surface area contributed by atoms with Crippen LogP contribution >= 0.6 is 0 Å². The van der Waals surface area contributed by atoms with E-state index in [-0.39, 0.29) is 11.3 Å². The molecular weight excluding hydrogens is 481 g/mol. The van der Waals surface area contributed by atoms with E-state index in [0.717, 1.165) is 42.9 Å². The first-order chi connectivity index (χ1) is 18.3. The fourth-order valence-corrected chi connectivity index (χ4v) is 6.56. The number of rotatable bonds is 6. The van der Waals surface area contributed by atoms with E-state index < -0.39 is 5.95 Å². The number of nitrogens with one attached hydrogen (secondary N) is 1. The van der Waals surface area contributed by atoms with Gasteiger partial charge in [0.25, 0.3) is 5.91 Å². The van der Waals surface area contributed by atoms with Crippen LogP contribution in [0.25, 0.3) is 5.65 Å². The molecule has 0 radical (unpaired) electrons. The van der Waals surface area contributed by atoms with Crippen molar-refractivity contribution in [1.29, 1.82) is 0 Å². The average molecular weight is 516 g/mol. The first-order valence-corrected chi connectivity index (χ1v) is 13.5. The molecule has 198 valence electrons. The second kappa shape index (κ2) is 9.62. The number of halogens is 1. The summed E-state index contributed by atoms with van der Waals surface area (Å²) < 4.78 is 17.8. The lowest BCUT2D eigenvalue weighted by atomic mass is 9.58. The quantitative estimate of drug-likeness (QED) is 0.399. The number of carbonyl (C=O) groups is 1. The van der Waals surface area contributed by atoms with Crippen molar-refractivity contribution < 1.29 is 9.18 Å². The first-order valence-electron chi connectivity index (χ1n) is 13.5. The molecule has 9 heteroatoms. The summed E-state index contributed by atoms with van der Waals surface area (Å²) in [7, 11) is 1.97. The molecule has 1 saturated carbocycles. The Labute approximate surface area is 221 Å². The lowest BCUT2D eigenvalue weighted by molar-refractivity contribution is 0.102. The molecule has 0 bridgehead atoms. The highest BCUT2D eigenvalue weighted by atomic mass is 19.1. The Morgan fingerprint density at radius 3 is 2.76 bits per heavy atom. The highest BCUT2D eigenvalue weighted by Crippen LogP contribution is 2.51. The van der Waals surface area contributed by atoms with Crippen LogP contribution in [0.2, 0.25) is 0 Å². The van der Waals surface area contributed by atoms with Gasteiger partial charge in [-0.15, -0.1) is 10.2 Å². The number of fused-ring (bicyclic) bond motifs is 1. The van der Waals surface area contributed by atoms with Gasteiger partial charge < -0.3 is 14.3 Å². The van der Waals surface area contributed by atoms with Gasteiger partial charge >= 0.3 is 0 Å². The van der Waals surface area contributed by atoms with Gasteiger partial charge in [0.1, 0.15) is 12.2 Å². The zero-order chi connectivity index (χ0) is 26.4. The summed E-state index contributed by atoms with van der Waals surface area (Å²) in [5.41, 5.74) is 3.21. The van der Waals surface area contributed by atoms with Gasteiger partial charge in [0, 0.05) is 32.0 Å². The van der Waals surface area contributed by atoms with Gasteiger partial charge in [0.15, 0.2) is 5.65 Å². The molecule has 0 unspecified atom stereocenters. The zero-order valence-electron chi connectivity index (χ0n) is 22.2. The SMILES string of the molecule is CC1CC(c2cccc(NC(=O)c3cc(CN4CCC[C@H](C)C4)cn4cc(F)nc34)c2)(c2nncn2C)C1. The van der Waals surface area contributed by atoms with E-state index in [0.29, 0.717) is 35.3 Å². The number of hydrogen-bond acceptors (Lipinski definition) is 5. The van der Waals surface area contributed by atoms with Crippen molar-refractivity contribution in [3.05, 3.63) is 77.5 Å². The summed E-state index contributed by atoms with van der Waals surface area (Å²) >= 11 is 0. The van der Waals surface area contributed by atoms with Crippen molar-refractivity contribution in [2.45, 2.75) is 51.5 Å². The fraction of sp³-hybridized carbons (Fsp3) is 0.448. The molecule has 3 aromatic heterocycles. The average Bonchev–Trinajstić information content (AvgIpc) is 3.46. The summed E-state index contributed by atoms with van der Waals surface area (Å²) in [4.78, 5) is 20.0. The minimum Gasteiger partial charge on any atom is -0.322 e. The second-order valence-corrected chi connectivity index (χ2v) is 11.4. The lowest BCUT2D eigenvalue weighted by Gasteiger charge is -2.46.